The van der Waals surface area contributed by atoms with Gasteiger partial charge >= 0.3 is 6.03 Å². The predicted molar refractivity (Wildman–Crippen MR) is 255 cm³/mol. The fraction of sp³-hybridized carbons (Fsp3) is 0.580. The van der Waals surface area contributed by atoms with Crippen LogP contribution >= 0.6 is 0 Å². The van der Waals surface area contributed by atoms with Gasteiger partial charge in [0.15, 0.2) is 5.82 Å². The van der Waals surface area contributed by atoms with Gasteiger partial charge in [0.25, 0.3) is 11.8 Å². The van der Waals surface area contributed by atoms with Gasteiger partial charge in [-0.1, -0.05) is 25.8 Å². The van der Waals surface area contributed by atoms with E-state index in [1.165, 1.54) is 4.90 Å². The zero-order chi connectivity index (χ0) is 47.0. The molecule has 2 aliphatic carbocycles. The fourth-order valence-corrected chi connectivity index (χ4v) is 11.8. The molecule has 1 atom stereocenters. The molecule has 4 aliphatic heterocycles. The van der Waals surface area contributed by atoms with Crippen LogP contribution in [-0.2, 0) is 9.59 Å². The number of carbonyl (C=O) groups is 5. The van der Waals surface area contributed by atoms with E-state index in [4.69, 9.17) is 9.72 Å². The molecular weight excluding hydrogens is 853 g/mol. The van der Waals surface area contributed by atoms with Gasteiger partial charge in [-0.15, -0.1) is 0 Å². The number of aliphatic hydroxyl groups is 1. The van der Waals surface area contributed by atoms with E-state index in [1.807, 2.05) is 30.9 Å². The molecule has 6 amide bonds. The van der Waals surface area contributed by atoms with Gasteiger partial charge in [-0.3, -0.25) is 29.4 Å². The molecule has 17 heteroatoms. The second-order valence-electron chi connectivity index (χ2n) is 20.0. The Hall–Kier alpha value is -5.81. The van der Waals surface area contributed by atoms with Gasteiger partial charge in [-0.25, -0.2) is 9.78 Å². The Bertz CT molecular complexity index is 2380. The topological polar surface area (TPSA) is 193 Å². The summed E-state index contributed by atoms with van der Waals surface area (Å²) in [6.07, 6.45) is 12.8. The van der Waals surface area contributed by atoms with Crippen LogP contribution < -0.4 is 35.4 Å². The number of ether oxygens (including phenoxy) is 1. The van der Waals surface area contributed by atoms with Gasteiger partial charge in [0, 0.05) is 87.7 Å². The number of imide groups is 1. The molecule has 0 bridgehead atoms. The number of likely N-dealkylation sites (N-methyl/N-ethyl adjacent to an activating group) is 1. The van der Waals surface area contributed by atoms with E-state index in [2.05, 4.69) is 30.7 Å². The van der Waals surface area contributed by atoms with Gasteiger partial charge in [0.2, 0.25) is 17.8 Å². The lowest BCUT2D eigenvalue weighted by molar-refractivity contribution is -0.121. The van der Waals surface area contributed by atoms with Gasteiger partial charge in [0.1, 0.15) is 17.5 Å². The van der Waals surface area contributed by atoms with Gasteiger partial charge in [0.05, 0.1) is 19.0 Å². The Morgan fingerprint density at radius 2 is 1.67 bits per heavy atom. The Morgan fingerprint density at radius 3 is 2.36 bits per heavy atom. The summed E-state index contributed by atoms with van der Waals surface area (Å²) >= 11 is 0. The molecule has 3 aromatic rings. The molecule has 17 nitrogen and oxygen atoms in total. The van der Waals surface area contributed by atoms with Crippen LogP contribution in [0.1, 0.15) is 117 Å². The van der Waals surface area contributed by atoms with Crippen molar-refractivity contribution in [2.75, 3.05) is 80.0 Å². The first-order valence-electron chi connectivity index (χ1n) is 24.4. The molecule has 4 N–H and O–H groups in total. The molecule has 1 spiro atoms. The number of anilines is 5. The van der Waals surface area contributed by atoms with E-state index >= 15 is 0 Å². The number of rotatable bonds is 13. The smallest absolute Gasteiger partial charge is 0.328 e. The van der Waals surface area contributed by atoms with Crippen molar-refractivity contribution in [3.63, 3.8) is 0 Å². The van der Waals surface area contributed by atoms with E-state index in [0.717, 1.165) is 95.2 Å². The minimum Gasteiger partial charge on any atom is -0.495 e. The first-order chi connectivity index (χ1) is 32.3. The van der Waals surface area contributed by atoms with Crippen molar-refractivity contribution in [2.45, 2.75) is 115 Å². The van der Waals surface area contributed by atoms with Crippen molar-refractivity contribution in [3.05, 3.63) is 59.3 Å². The second-order valence-corrected chi connectivity index (χ2v) is 20.0. The van der Waals surface area contributed by atoms with Crippen molar-refractivity contribution >= 4 is 58.5 Å². The minimum absolute atomic E-state index is 0.0163. The summed E-state index contributed by atoms with van der Waals surface area (Å²) in [5, 5.41) is 19.2. The van der Waals surface area contributed by atoms with E-state index in [1.54, 1.807) is 49.5 Å². The summed E-state index contributed by atoms with van der Waals surface area (Å²) in [5.41, 5.74) is 3.53. The predicted octanol–water partition coefficient (Wildman–Crippen LogP) is 5.77. The van der Waals surface area contributed by atoms with Crippen molar-refractivity contribution in [2.24, 2.45) is 11.3 Å². The molecule has 67 heavy (non-hydrogen) atoms. The van der Waals surface area contributed by atoms with Crippen molar-refractivity contribution in [1.29, 1.82) is 0 Å². The van der Waals surface area contributed by atoms with Crippen molar-refractivity contribution in [3.8, 4) is 5.75 Å². The molecule has 6 aliphatic rings. The van der Waals surface area contributed by atoms with E-state index in [0.29, 0.717) is 71.7 Å². The van der Waals surface area contributed by atoms with Crippen LogP contribution in [-0.4, -0.2) is 132 Å². The highest BCUT2D eigenvalue weighted by molar-refractivity contribution is 6.07. The zero-order valence-corrected chi connectivity index (χ0v) is 39.4. The maximum Gasteiger partial charge on any atom is 0.328 e. The largest absolute Gasteiger partial charge is 0.495 e. The normalized spacial score (nSPS) is 22.1. The van der Waals surface area contributed by atoms with Crippen LogP contribution in [0.2, 0.25) is 0 Å². The van der Waals surface area contributed by atoms with Gasteiger partial charge < -0.3 is 40.1 Å². The third kappa shape index (κ3) is 9.28. The quantitative estimate of drug-likeness (QED) is 0.162. The highest BCUT2D eigenvalue weighted by Gasteiger charge is 2.50. The number of likely N-dealkylation sites (tertiary alicyclic amines) is 2. The van der Waals surface area contributed by atoms with Gasteiger partial charge in [-0.05, 0) is 118 Å². The van der Waals surface area contributed by atoms with Crippen LogP contribution in [0.4, 0.5) is 33.6 Å². The number of piperidine rings is 1. The molecule has 9 rings (SSSR count). The van der Waals surface area contributed by atoms with E-state index < -0.39 is 11.6 Å². The number of aromatic nitrogens is 2. The van der Waals surface area contributed by atoms with Crippen molar-refractivity contribution in [1.82, 2.24) is 30.4 Å². The first kappa shape index (κ1) is 46.3. The van der Waals surface area contributed by atoms with Crippen molar-refractivity contribution < 1.29 is 33.8 Å². The zero-order valence-electron chi connectivity index (χ0n) is 39.4. The van der Waals surface area contributed by atoms with Crippen LogP contribution in [0.15, 0.2) is 42.6 Å². The SMILES string of the molecule is CC[C@@H]1C(=O)N(C)c2cnc(Nc3ccc(C(=O)NC4(CCO)CCC5(CC4)CN(CC4CCN(C(=O)c6ccc(C)c(N7CCC(=O)NC7=O)c6)CC4)C5)cc3OC)nc2N1C1CCCC1. The summed E-state index contributed by atoms with van der Waals surface area (Å²) in [5.74, 6) is 1.62. The maximum absolute atomic E-state index is 14.0. The molecule has 2 aromatic carbocycles. The number of nitrogens with one attached hydrogen (secondary N) is 3. The molecule has 5 fully saturated rings. The lowest BCUT2D eigenvalue weighted by Gasteiger charge is -2.57. The highest BCUT2D eigenvalue weighted by Crippen LogP contribution is 2.48. The average molecular weight is 919 g/mol. The number of fused-ring (bicyclic) bond motifs is 1. The molecular formula is C50H66N10O7. The number of nitrogens with zero attached hydrogens (tertiary/aromatic N) is 7. The van der Waals surface area contributed by atoms with Crippen LogP contribution in [0.3, 0.4) is 0 Å². The standard InChI is InChI=1S/C50H66N10O7/c1-5-38-46(65)56(3)40-28-51-47(54-43(40)60(38)36-8-6-7-9-36)52-37-13-12-34(27-41(37)67-4)44(63)55-50(21-25-61)19-17-49(18-20-50)30-57(31-49)29-33-14-22-58(23-15-33)45(64)35-11-10-32(2)39(26-35)59-24-16-42(62)53-48(59)66/h10-13,26-28,33,36,38,61H,5-9,14-25,29-31H2,1-4H3,(H,55,63)(H,51,52,54)(H,53,62,66)/t38-/m1/s1. The Labute approximate surface area is 393 Å². The summed E-state index contributed by atoms with van der Waals surface area (Å²) in [4.78, 5) is 84.6. The number of amides is 6. The Morgan fingerprint density at radius 1 is 0.940 bits per heavy atom. The van der Waals surface area contributed by atoms with Crippen LogP contribution in [0.5, 0.6) is 5.75 Å². The molecule has 0 unspecified atom stereocenters. The molecule has 358 valence electrons. The number of hydrogen-bond donors (Lipinski definition) is 4. The number of aliphatic hydroxyl groups excluding tert-OH is 1. The third-order valence-corrected chi connectivity index (χ3v) is 15.7. The van der Waals surface area contributed by atoms with E-state index in [-0.39, 0.29) is 60.7 Å². The Balaban J connectivity index is 0.770. The molecule has 2 saturated carbocycles. The number of methoxy groups -OCH3 is 1. The molecule has 5 heterocycles. The first-order valence-corrected chi connectivity index (χ1v) is 24.4. The number of urea groups is 1. The van der Waals surface area contributed by atoms with Gasteiger partial charge in [-0.2, -0.15) is 4.98 Å². The minimum atomic E-state index is -0.508. The highest BCUT2D eigenvalue weighted by atomic mass is 16.5. The number of hydrogen-bond acceptors (Lipinski definition) is 12. The number of aryl methyl sites for hydroxylation is 1. The molecule has 1 aromatic heterocycles. The summed E-state index contributed by atoms with van der Waals surface area (Å²) in [6.45, 7) is 8.62. The summed E-state index contributed by atoms with van der Waals surface area (Å²) < 4.78 is 5.79. The number of benzene rings is 2. The summed E-state index contributed by atoms with van der Waals surface area (Å²) in [6, 6.07) is 10.3. The maximum atomic E-state index is 14.0. The lowest BCUT2D eigenvalue weighted by Crippen LogP contribution is -2.62. The second kappa shape index (κ2) is 19.1. The van der Waals surface area contributed by atoms with E-state index in [9.17, 15) is 29.1 Å². The molecule has 0 radical (unpaired) electrons. The summed E-state index contributed by atoms with van der Waals surface area (Å²) in [7, 11) is 3.35. The lowest BCUT2D eigenvalue weighted by atomic mass is 9.62. The fourth-order valence-electron chi connectivity index (χ4n) is 11.8. The van der Waals surface area contributed by atoms with Crippen LogP contribution in [0, 0.1) is 18.3 Å². The monoisotopic (exact) mass is 919 g/mol. The average Bonchev–Trinajstić information content (AvgIpc) is 3.86. The Kier molecular flexibility index (Phi) is 13.2. The number of carbonyl (C=O) groups excluding carboxylic acids is 5. The third-order valence-electron chi connectivity index (χ3n) is 15.7. The molecule has 3 saturated heterocycles. The van der Waals surface area contributed by atoms with Crippen LogP contribution in [0.25, 0.3) is 0 Å².